The topological polar surface area (TPSA) is 49.9 Å². The second-order valence-corrected chi connectivity index (χ2v) is 7.16. The van der Waals surface area contributed by atoms with E-state index in [0.29, 0.717) is 19.7 Å². The van der Waals surface area contributed by atoms with Crippen molar-refractivity contribution in [1.82, 2.24) is 4.90 Å². The van der Waals surface area contributed by atoms with Gasteiger partial charge in [0.2, 0.25) is 5.91 Å². The molecule has 1 aromatic carbocycles. The van der Waals surface area contributed by atoms with E-state index in [0.717, 1.165) is 37.9 Å². The zero-order chi connectivity index (χ0) is 18.0. The molecule has 0 N–H and O–H groups in total. The van der Waals surface area contributed by atoms with Crippen molar-refractivity contribution >= 4 is 17.7 Å². The highest BCUT2D eigenvalue weighted by Crippen LogP contribution is 2.33. The highest BCUT2D eigenvalue weighted by atomic mass is 16.6. The van der Waals surface area contributed by atoms with E-state index in [1.165, 1.54) is 16.7 Å². The molecular weight excluding hydrogens is 316 g/mol. The van der Waals surface area contributed by atoms with E-state index in [2.05, 4.69) is 26.0 Å². The largest absolute Gasteiger partial charge is 0.450 e. The van der Waals surface area contributed by atoms with E-state index < -0.39 is 0 Å². The Bertz CT molecular complexity index is 671. The first kappa shape index (κ1) is 17.8. The first-order valence-corrected chi connectivity index (χ1v) is 9.34. The molecule has 0 aromatic heterocycles. The second kappa shape index (κ2) is 7.46. The minimum Gasteiger partial charge on any atom is -0.450 e. The molecule has 1 saturated heterocycles. The third-order valence-corrected chi connectivity index (χ3v) is 5.26. The molecule has 5 nitrogen and oxygen atoms in total. The number of rotatable bonds is 2. The van der Waals surface area contributed by atoms with Crippen molar-refractivity contribution in [2.45, 2.75) is 46.5 Å². The van der Waals surface area contributed by atoms with Crippen LogP contribution in [0.1, 0.15) is 42.9 Å². The average molecular weight is 344 g/mol. The summed E-state index contributed by atoms with van der Waals surface area (Å²) in [4.78, 5) is 28.9. The minimum atomic E-state index is -0.300. The summed E-state index contributed by atoms with van der Waals surface area (Å²) in [6.07, 6.45) is 3.42. The summed E-state index contributed by atoms with van der Waals surface area (Å²) in [5, 5.41) is 0. The van der Waals surface area contributed by atoms with Crippen molar-refractivity contribution in [3.63, 3.8) is 0 Å². The highest BCUT2D eigenvalue weighted by molar-refractivity contribution is 5.97. The highest BCUT2D eigenvalue weighted by Gasteiger charge is 2.34. The van der Waals surface area contributed by atoms with Crippen molar-refractivity contribution in [2.75, 3.05) is 31.1 Å². The third kappa shape index (κ3) is 3.65. The first-order valence-electron chi connectivity index (χ1n) is 9.34. The summed E-state index contributed by atoms with van der Waals surface area (Å²) >= 11 is 0. The lowest BCUT2D eigenvalue weighted by molar-refractivity contribution is -0.123. The van der Waals surface area contributed by atoms with Gasteiger partial charge in [0.25, 0.3) is 0 Å². The molecule has 1 atom stereocenters. The second-order valence-electron chi connectivity index (χ2n) is 7.16. The van der Waals surface area contributed by atoms with Crippen molar-refractivity contribution in [3.05, 3.63) is 28.8 Å². The number of amides is 2. The Morgan fingerprint density at radius 2 is 2.00 bits per heavy atom. The van der Waals surface area contributed by atoms with Gasteiger partial charge in [-0.3, -0.25) is 4.79 Å². The predicted octanol–water partition coefficient (Wildman–Crippen LogP) is 3.45. The SMILES string of the molecule is CCOC(=O)N1CCCC(C(=O)N2CCCc3c(C)cc(C)cc32)C1. The van der Waals surface area contributed by atoms with Gasteiger partial charge in [-0.2, -0.15) is 0 Å². The van der Waals surface area contributed by atoms with Crippen LogP contribution in [-0.2, 0) is 16.0 Å². The summed E-state index contributed by atoms with van der Waals surface area (Å²) < 4.78 is 5.10. The van der Waals surface area contributed by atoms with Gasteiger partial charge in [0.05, 0.1) is 12.5 Å². The normalized spacial score (nSPS) is 20.2. The maximum absolute atomic E-state index is 13.2. The van der Waals surface area contributed by atoms with Crippen molar-refractivity contribution < 1.29 is 14.3 Å². The molecule has 0 spiro atoms. The van der Waals surface area contributed by atoms with Gasteiger partial charge >= 0.3 is 6.09 Å². The van der Waals surface area contributed by atoms with Crippen molar-refractivity contribution in [1.29, 1.82) is 0 Å². The monoisotopic (exact) mass is 344 g/mol. The molecule has 136 valence electrons. The molecule has 1 unspecified atom stereocenters. The molecular formula is C20H28N2O3. The Kier molecular flexibility index (Phi) is 5.30. The van der Waals surface area contributed by atoms with Crippen LogP contribution in [-0.4, -0.2) is 43.1 Å². The molecule has 2 aliphatic heterocycles. The Hall–Kier alpha value is -2.04. The van der Waals surface area contributed by atoms with Gasteiger partial charge in [-0.1, -0.05) is 6.07 Å². The molecule has 1 aromatic rings. The van der Waals surface area contributed by atoms with Crippen molar-refractivity contribution in [2.24, 2.45) is 5.92 Å². The Labute approximate surface area is 149 Å². The maximum atomic E-state index is 13.2. The minimum absolute atomic E-state index is 0.134. The lowest BCUT2D eigenvalue weighted by Gasteiger charge is -2.37. The van der Waals surface area contributed by atoms with E-state index in [-0.39, 0.29) is 17.9 Å². The number of nitrogens with zero attached hydrogens (tertiary/aromatic N) is 2. The molecule has 25 heavy (non-hydrogen) atoms. The Balaban J connectivity index is 1.79. The van der Waals surface area contributed by atoms with Crippen LogP contribution in [0.4, 0.5) is 10.5 Å². The predicted molar refractivity (Wildman–Crippen MR) is 97.9 cm³/mol. The molecule has 0 bridgehead atoms. The van der Waals surface area contributed by atoms with E-state index in [1.807, 2.05) is 4.90 Å². The van der Waals surface area contributed by atoms with Crippen LogP contribution in [0.25, 0.3) is 0 Å². The van der Waals surface area contributed by atoms with Crippen LogP contribution in [0.5, 0.6) is 0 Å². The number of anilines is 1. The number of fused-ring (bicyclic) bond motifs is 1. The van der Waals surface area contributed by atoms with E-state index in [1.54, 1.807) is 11.8 Å². The van der Waals surface area contributed by atoms with Gasteiger partial charge in [0.15, 0.2) is 0 Å². The molecule has 5 heteroatoms. The zero-order valence-corrected chi connectivity index (χ0v) is 15.5. The fourth-order valence-electron chi connectivity index (χ4n) is 4.08. The maximum Gasteiger partial charge on any atom is 0.409 e. The number of carbonyl (C=O) groups is 2. The lowest BCUT2D eigenvalue weighted by Crippen LogP contribution is -2.48. The van der Waals surface area contributed by atoms with Crippen molar-refractivity contribution in [3.8, 4) is 0 Å². The molecule has 0 radical (unpaired) electrons. The van der Waals surface area contributed by atoms with E-state index in [9.17, 15) is 9.59 Å². The summed E-state index contributed by atoms with van der Waals surface area (Å²) in [5.74, 6) is 0.0184. The number of aryl methyl sites for hydroxylation is 2. The Morgan fingerprint density at radius 1 is 1.20 bits per heavy atom. The number of ether oxygens (including phenoxy) is 1. The Morgan fingerprint density at radius 3 is 2.76 bits per heavy atom. The number of carbonyl (C=O) groups excluding carboxylic acids is 2. The van der Waals surface area contributed by atoms with Gasteiger partial charge < -0.3 is 14.5 Å². The van der Waals surface area contributed by atoms with Crippen LogP contribution in [0.15, 0.2) is 12.1 Å². The third-order valence-electron chi connectivity index (χ3n) is 5.26. The fraction of sp³-hybridized carbons (Fsp3) is 0.600. The molecule has 2 aliphatic rings. The quantitative estimate of drug-likeness (QED) is 0.826. The summed E-state index contributed by atoms with van der Waals surface area (Å²) in [6.45, 7) is 8.29. The lowest BCUT2D eigenvalue weighted by atomic mass is 9.92. The van der Waals surface area contributed by atoms with Gasteiger partial charge in [0, 0.05) is 25.3 Å². The van der Waals surface area contributed by atoms with Crippen LogP contribution < -0.4 is 4.90 Å². The smallest absolute Gasteiger partial charge is 0.409 e. The molecule has 2 amide bonds. The van der Waals surface area contributed by atoms with Crippen LogP contribution in [0, 0.1) is 19.8 Å². The summed E-state index contributed by atoms with van der Waals surface area (Å²) in [7, 11) is 0. The zero-order valence-electron chi connectivity index (χ0n) is 15.5. The average Bonchev–Trinajstić information content (AvgIpc) is 2.61. The molecule has 1 fully saturated rings. The van der Waals surface area contributed by atoms with E-state index >= 15 is 0 Å². The summed E-state index contributed by atoms with van der Waals surface area (Å²) in [6, 6.07) is 4.32. The standard InChI is InChI=1S/C20H28N2O3/c1-4-25-20(24)21-9-5-7-16(13-21)19(23)22-10-6-8-17-15(3)11-14(2)12-18(17)22/h11-12,16H,4-10,13H2,1-3H3. The number of hydrogen-bond donors (Lipinski definition) is 0. The van der Waals surface area contributed by atoms with Gasteiger partial charge in [-0.25, -0.2) is 4.79 Å². The van der Waals surface area contributed by atoms with Gasteiger partial charge in [-0.15, -0.1) is 0 Å². The molecule has 0 saturated carbocycles. The number of likely N-dealkylation sites (tertiary alicyclic amines) is 1. The number of hydrogen-bond acceptors (Lipinski definition) is 3. The number of benzene rings is 1. The van der Waals surface area contributed by atoms with Crippen LogP contribution in [0.3, 0.4) is 0 Å². The molecule has 2 heterocycles. The first-order chi connectivity index (χ1) is 12.0. The van der Waals surface area contributed by atoms with Gasteiger partial charge in [0.1, 0.15) is 0 Å². The number of piperidine rings is 1. The van der Waals surface area contributed by atoms with Gasteiger partial charge in [-0.05, 0) is 69.2 Å². The van der Waals surface area contributed by atoms with Crippen LogP contribution in [0.2, 0.25) is 0 Å². The molecule has 3 rings (SSSR count). The van der Waals surface area contributed by atoms with E-state index in [4.69, 9.17) is 4.74 Å². The molecule has 0 aliphatic carbocycles. The fourth-order valence-corrected chi connectivity index (χ4v) is 4.08. The summed E-state index contributed by atoms with van der Waals surface area (Å²) in [5.41, 5.74) is 4.82. The van der Waals surface area contributed by atoms with Crippen LogP contribution >= 0.6 is 0 Å².